The molecule has 2 nitrogen and oxygen atoms in total. The molecule has 0 saturated carbocycles. The summed E-state index contributed by atoms with van der Waals surface area (Å²) in [5.41, 5.74) is 0. The van der Waals surface area contributed by atoms with Crippen molar-refractivity contribution in [3.8, 4) is 0 Å². The zero-order valence-corrected chi connectivity index (χ0v) is 16.4. The molecule has 138 valence electrons. The van der Waals surface area contributed by atoms with Crippen molar-refractivity contribution >= 4 is 0 Å². The molecule has 0 aromatic carbocycles. The molecule has 2 rings (SSSR count). The van der Waals surface area contributed by atoms with E-state index < -0.39 is 0 Å². The van der Waals surface area contributed by atoms with E-state index in [1.54, 1.807) is 0 Å². The molecule has 0 unspecified atom stereocenters. The first-order valence-electron chi connectivity index (χ1n) is 9.59. The van der Waals surface area contributed by atoms with Gasteiger partial charge in [0.25, 0.3) is 0 Å². The van der Waals surface area contributed by atoms with E-state index in [4.69, 9.17) is 0 Å². The summed E-state index contributed by atoms with van der Waals surface area (Å²) in [5, 5.41) is 0. The fourth-order valence-electron chi connectivity index (χ4n) is 2.69. The van der Waals surface area contributed by atoms with Crippen LogP contribution in [0, 0.1) is 0 Å². The van der Waals surface area contributed by atoms with Crippen molar-refractivity contribution in [1.82, 2.24) is 9.80 Å². The molecule has 2 fully saturated rings. The molecule has 0 spiro atoms. The van der Waals surface area contributed by atoms with E-state index in [1.165, 1.54) is 58.3 Å². The van der Waals surface area contributed by atoms with Gasteiger partial charge in [-0.3, -0.25) is 0 Å². The number of nitrogens with zero attached hydrogens (tertiary/aromatic N) is 2. The maximum Gasteiger partial charge on any atom is 0.00385 e. The Morgan fingerprint density at radius 2 is 0.727 bits per heavy atom. The molecular weight excluding hydrogens is 268 g/mol. The zero-order valence-electron chi connectivity index (χ0n) is 16.4. The van der Waals surface area contributed by atoms with E-state index >= 15 is 0 Å². The van der Waals surface area contributed by atoms with Crippen LogP contribution >= 0.6 is 0 Å². The first-order valence-corrected chi connectivity index (χ1v) is 9.59. The Morgan fingerprint density at radius 3 is 0.909 bits per heavy atom. The van der Waals surface area contributed by atoms with Crippen LogP contribution in [-0.2, 0) is 0 Å². The fraction of sp³-hybridized carbons (Fsp3) is 1.00. The van der Waals surface area contributed by atoms with Crippen molar-refractivity contribution in [3.05, 3.63) is 0 Å². The monoisotopic (exact) mass is 316 g/mol. The summed E-state index contributed by atoms with van der Waals surface area (Å²) in [7, 11) is 0. The lowest BCUT2D eigenvalue weighted by atomic mass is 10.1. The first-order chi connectivity index (χ1) is 10.1. The number of rotatable bonds is 2. The Morgan fingerprint density at radius 1 is 0.500 bits per heavy atom. The molecular formula is C20H48N2. The van der Waals surface area contributed by atoms with Crippen LogP contribution in [-0.4, -0.2) is 48.1 Å². The van der Waals surface area contributed by atoms with Gasteiger partial charge in [0, 0.05) is 12.1 Å². The van der Waals surface area contributed by atoms with Gasteiger partial charge in [-0.15, -0.1) is 0 Å². The smallest absolute Gasteiger partial charge is 0.00385 e. The maximum atomic E-state index is 2.56. The number of hydrogen-bond acceptors (Lipinski definition) is 2. The molecule has 0 N–H and O–H groups in total. The highest BCUT2D eigenvalue weighted by atomic mass is 15.2. The zero-order chi connectivity index (χ0) is 16.7. The fourth-order valence-corrected chi connectivity index (χ4v) is 2.69. The molecule has 0 aromatic rings. The van der Waals surface area contributed by atoms with Crippen molar-refractivity contribution in [2.24, 2.45) is 0 Å². The second-order valence-electron chi connectivity index (χ2n) is 6.03. The van der Waals surface area contributed by atoms with Crippen LogP contribution in [0.15, 0.2) is 0 Å². The molecule has 2 saturated heterocycles. The molecule has 2 heterocycles. The van der Waals surface area contributed by atoms with Gasteiger partial charge in [0.15, 0.2) is 0 Å². The summed E-state index contributed by atoms with van der Waals surface area (Å²) >= 11 is 0. The van der Waals surface area contributed by atoms with E-state index in [9.17, 15) is 0 Å². The van der Waals surface area contributed by atoms with Crippen LogP contribution in [0.25, 0.3) is 0 Å². The third kappa shape index (κ3) is 13.6. The molecule has 0 radical (unpaired) electrons. The average Bonchev–Trinajstić information content (AvgIpc) is 3.07. The summed E-state index contributed by atoms with van der Waals surface area (Å²) in [6.07, 6.45) is 7.11. The van der Waals surface area contributed by atoms with E-state index in [0.717, 1.165) is 12.1 Å². The highest BCUT2D eigenvalue weighted by Gasteiger charge is 2.13. The summed E-state index contributed by atoms with van der Waals surface area (Å²) in [4.78, 5) is 5.09. The van der Waals surface area contributed by atoms with Crippen molar-refractivity contribution in [2.75, 3.05) is 26.2 Å². The van der Waals surface area contributed by atoms with Gasteiger partial charge < -0.3 is 9.80 Å². The standard InChI is InChI=1S/C8H17N.C7H15N.2C2H6.CH4/c1-8(2)9-6-4-3-5-7-9;1-7(2)8-5-3-4-6-8;2*1-2;/h8H,3-7H2,1-2H3;7H,3-6H2,1-2H3;2*1-2H3;1H4. The van der Waals surface area contributed by atoms with Crippen molar-refractivity contribution in [1.29, 1.82) is 0 Å². The SMILES string of the molecule is C.CC.CC.CC(C)N1CCCC1.CC(C)N1CCCCC1. The number of likely N-dealkylation sites (tertiary alicyclic amines) is 2. The molecule has 2 aliphatic heterocycles. The van der Waals surface area contributed by atoms with Gasteiger partial charge in [-0.25, -0.2) is 0 Å². The van der Waals surface area contributed by atoms with Crippen molar-refractivity contribution < 1.29 is 0 Å². The minimum atomic E-state index is 0. The third-order valence-electron chi connectivity index (χ3n) is 3.99. The Bertz CT molecular complexity index is 178. The molecule has 2 aliphatic rings. The van der Waals surface area contributed by atoms with Crippen LogP contribution in [0.5, 0.6) is 0 Å². The van der Waals surface area contributed by atoms with Gasteiger partial charge in [-0.1, -0.05) is 41.5 Å². The second-order valence-corrected chi connectivity index (χ2v) is 6.03. The lowest BCUT2D eigenvalue weighted by Gasteiger charge is -2.29. The summed E-state index contributed by atoms with van der Waals surface area (Å²) in [6, 6.07) is 1.54. The summed E-state index contributed by atoms with van der Waals surface area (Å²) in [6.45, 7) is 22.4. The van der Waals surface area contributed by atoms with Crippen LogP contribution in [0.3, 0.4) is 0 Å². The molecule has 2 heteroatoms. The highest BCUT2D eigenvalue weighted by Crippen LogP contribution is 2.11. The third-order valence-corrected chi connectivity index (χ3v) is 3.99. The van der Waals surface area contributed by atoms with E-state index in [0.29, 0.717) is 0 Å². The molecule has 0 bridgehead atoms. The first kappa shape index (κ1) is 26.8. The minimum Gasteiger partial charge on any atom is -0.301 e. The quantitative estimate of drug-likeness (QED) is 0.611. The molecule has 0 atom stereocenters. The maximum absolute atomic E-state index is 2.56. The van der Waals surface area contributed by atoms with Crippen LogP contribution in [0.1, 0.15) is 94.9 Å². The number of hydrogen-bond donors (Lipinski definition) is 0. The summed E-state index contributed by atoms with van der Waals surface area (Å²) < 4.78 is 0. The lowest BCUT2D eigenvalue weighted by molar-refractivity contribution is 0.185. The Kier molecular flexibility index (Phi) is 23.1. The van der Waals surface area contributed by atoms with E-state index in [1.807, 2.05) is 27.7 Å². The number of piperidine rings is 1. The van der Waals surface area contributed by atoms with Crippen molar-refractivity contribution in [3.63, 3.8) is 0 Å². The molecule has 0 aliphatic carbocycles. The Labute approximate surface area is 143 Å². The van der Waals surface area contributed by atoms with Gasteiger partial charge in [-0.2, -0.15) is 0 Å². The van der Waals surface area contributed by atoms with Gasteiger partial charge in [-0.05, 0) is 79.6 Å². The second kappa shape index (κ2) is 19.0. The molecule has 0 aromatic heterocycles. The Hall–Kier alpha value is -0.0800. The van der Waals surface area contributed by atoms with Crippen LogP contribution < -0.4 is 0 Å². The lowest BCUT2D eigenvalue weighted by Crippen LogP contribution is -2.35. The van der Waals surface area contributed by atoms with Gasteiger partial charge >= 0.3 is 0 Å². The predicted octanol–water partition coefficient (Wildman–Crippen LogP) is 6.06. The molecule has 0 amide bonds. The van der Waals surface area contributed by atoms with Gasteiger partial charge in [0.05, 0.1) is 0 Å². The van der Waals surface area contributed by atoms with Crippen LogP contribution in [0.2, 0.25) is 0 Å². The Balaban J connectivity index is -0.000000259. The van der Waals surface area contributed by atoms with E-state index in [-0.39, 0.29) is 7.43 Å². The normalized spacial score (nSPS) is 18.3. The van der Waals surface area contributed by atoms with E-state index in [2.05, 4.69) is 37.5 Å². The van der Waals surface area contributed by atoms with Gasteiger partial charge in [0.2, 0.25) is 0 Å². The van der Waals surface area contributed by atoms with Crippen molar-refractivity contribution in [2.45, 2.75) is 107 Å². The van der Waals surface area contributed by atoms with Gasteiger partial charge in [0.1, 0.15) is 0 Å². The largest absolute Gasteiger partial charge is 0.301 e. The highest BCUT2D eigenvalue weighted by molar-refractivity contribution is 4.69. The summed E-state index contributed by atoms with van der Waals surface area (Å²) in [5.74, 6) is 0. The molecule has 22 heavy (non-hydrogen) atoms. The minimum absolute atomic E-state index is 0. The predicted molar refractivity (Wildman–Crippen MR) is 106 cm³/mol. The average molecular weight is 317 g/mol. The van der Waals surface area contributed by atoms with Crippen LogP contribution in [0.4, 0.5) is 0 Å². The topological polar surface area (TPSA) is 6.48 Å².